The first-order valence-electron chi connectivity index (χ1n) is 14.1. The van der Waals surface area contributed by atoms with Crippen LogP contribution in [0.5, 0.6) is 6.01 Å². The maximum Gasteiger partial charge on any atom is 0.318 e. The number of nitrogens with zero attached hydrogens (tertiary/aromatic N) is 4. The molecule has 1 N–H and O–H groups in total. The molecule has 5 heterocycles. The second-order valence-corrected chi connectivity index (χ2v) is 13.3. The Balaban J connectivity index is 1.24. The molecule has 1 spiro atoms. The summed E-state index contributed by atoms with van der Waals surface area (Å²) in [6.45, 7) is 5.48. The molecule has 9 heteroatoms. The standard InChI is InChI=1S/C29H36BrFN4O3/c1-27(36)7-2-10-34(17-27)25-22-16-38-29(9-6-19-4-5-20(30)12-23(19)29)14-24(22)32-26(33-25)37-18-28-8-3-11-35(28)15-21(31)13-28/h4-5,12,21,36H,2-3,6-11,13-18H2,1H3. The van der Waals surface area contributed by atoms with E-state index < -0.39 is 17.4 Å². The van der Waals surface area contributed by atoms with E-state index in [2.05, 4.69) is 43.9 Å². The first kappa shape index (κ1) is 25.2. The summed E-state index contributed by atoms with van der Waals surface area (Å²) < 4.78 is 28.5. The number of fused-ring (bicyclic) bond motifs is 4. The lowest BCUT2D eigenvalue weighted by molar-refractivity contribution is -0.0731. The highest BCUT2D eigenvalue weighted by atomic mass is 79.9. The number of ether oxygens (including phenoxy) is 2. The second kappa shape index (κ2) is 9.11. The van der Waals surface area contributed by atoms with E-state index in [1.54, 1.807) is 0 Å². The Kier molecular flexibility index (Phi) is 6.04. The number of benzene rings is 1. The molecule has 3 fully saturated rings. The Morgan fingerprint density at radius 3 is 2.95 bits per heavy atom. The van der Waals surface area contributed by atoms with E-state index in [9.17, 15) is 9.50 Å². The quantitative estimate of drug-likeness (QED) is 0.567. The number of hydrogen-bond donors (Lipinski definition) is 1. The number of aryl methyl sites for hydroxylation is 1. The Morgan fingerprint density at radius 1 is 1.21 bits per heavy atom. The van der Waals surface area contributed by atoms with Gasteiger partial charge in [0.15, 0.2) is 0 Å². The summed E-state index contributed by atoms with van der Waals surface area (Å²) >= 11 is 3.65. The Hall–Kier alpha value is -1.81. The lowest BCUT2D eigenvalue weighted by Crippen LogP contribution is -2.47. The summed E-state index contributed by atoms with van der Waals surface area (Å²) in [5.41, 5.74) is 3.09. The van der Waals surface area contributed by atoms with Gasteiger partial charge in [-0.2, -0.15) is 9.97 Å². The van der Waals surface area contributed by atoms with E-state index in [1.165, 1.54) is 11.1 Å². The molecule has 0 amide bonds. The van der Waals surface area contributed by atoms with Gasteiger partial charge in [0, 0.05) is 42.5 Å². The highest BCUT2D eigenvalue weighted by Gasteiger charge is 2.50. The van der Waals surface area contributed by atoms with Gasteiger partial charge in [0.25, 0.3) is 0 Å². The van der Waals surface area contributed by atoms with Gasteiger partial charge >= 0.3 is 6.01 Å². The summed E-state index contributed by atoms with van der Waals surface area (Å²) in [4.78, 5) is 14.3. The number of aliphatic hydroxyl groups is 1. The smallest absolute Gasteiger partial charge is 0.318 e. The van der Waals surface area contributed by atoms with Gasteiger partial charge in [-0.1, -0.05) is 22.0 Å². The molecule has 204 valence electrons. The van der Waals surface area contributed by atoms with Gasteiger partial charge in [0.2, 0.25) is 0 Å². The molecule has 0 bridgehead atoms. The van der Waals surface area contributed by atoms with Crippen LogP contribution in [0.4, 0.5) is 10.2 Å². The first-order valence-corrected chi connectivity index (χ1v) is 14.9. The van der Waals surface area contributed by atoms with E-state index >= 15 is 0 Å². The van der Waals surface area contributed by atoms with Gasteiger partial charge in [-0.25, -0.2) is 4.39 Å². The second-order valence-electron chi connectivity index (χ2n) is 12.4. The van der Waals surface area contributed by atoms with Gasteiger partial charge in [-0.05, 0) is 75.3 Å². The normalized spacial score (nSPS) is 34.4. The zero-order valence-electron chi connectivity index (χ0n) is 22.0. The van der Waals surface area contributed by atoms with Crippen LogP contribution in [-0.4, -0.2) is 70.1 Å². The third kappa shape index (κ3) is 4.25. The van der Waals surface area contributed by atoms with E-state index in [0.29, 0.717) is 45.2 Å². The number of halogens is 2. The molecule has 0 radical (unpaired) electrons. The van der Waals surface area contributed by atoms with Gasteiger partial charge in [0.05, 0.1) is 29.0 Å². The molecular weight excluding hydrogens is 551 g/mol. The molecule has 0 saturated carbocycles. The summed E-state index contributed by atoms with van der Waals surface area (Å²) in [5, 5.41) is 10.9. The molecule has 2 aromatic rings. The van der Waals surface area contributed by atoms with E-state index in [1.807, 2.05) is 6.92 Å². The fourth-order valence-electron chi connectivity index (χ4n) is 7.69. The maximum atomic E-state index is 14.4. The zero-order chi connectivity index (χ0) is 26.1. The van der Waals surface area contributed by atoms with Crippen molar-refractivity contribution in [2.75, 3.05) is 37.7 Å². The number of β-amino-alcohol motifs (C(OH)–C–C–N with tert-alkyl or cyclic N) is 1. The maximum absolute atomic E-state index is 14.4. The van der Waals surface area contributed by atoms with E-state index in [0.717, 1.165) is 73.2 Å². The summed E-state index contributed by atoms with van der Waals surface area (Å²) in [5.74, 6) is 0.808. The number of piperidine rings is 1. The molecule has 1 aromatic heterocycles. The van der Waals surface area contributed by atoms with Crippen molar-refractivity contribution in [1.82, 2.24) is 14.9 Å². The third-order valence-corrected chi connectivity index (χ3v) is 10.1. The minimum atomic E-state index is -0.798. The van der Waals surface area contributed by atoms with Crippen molar-refractivity contribution in [2.45, 2.75) is 87.8 Å². The Morgan fingerprint density at radius 2 is 2.08 bits per heavy atom. The van der Waals surface area contributed by atoms with Gasteiger partial charge in [-0.15, -0.1) is 0 Å². The molecule has 1 aliphatic carbocycles. The van der Waals surface area contributed by atoms with E-state index in [4.69, 9.17) is 19.4 Å². The van der Waals surface area contributed by atoms with Crippen molar-refractivity contribution in [1.29, 1.82) is 0 Å². The Bertz CT molecular complexity index is 1260. The predicted octanol–water partition coefficient (Wildman–Crippen LogP) is 4.46. The number of rotatable bonds is 4. The average molecular weight is 588 g/mol. The minimum absolute atomic E-state index is 0.255. The van der Waals surface area contributed by atoms with Crippen LogP contribution in [-0.2, 0) is 29.8 Å². The van der Waals surface area contributed by atoms with Gasteiger partial charge in [-0.3, -0.25) is 4.90 Å². The largest absolute Gasteiger partial charge is 0.461 e. The highest BCUT2D eigenvalue weighted by molar-refractivity contribution is 9.10. The fraction of sp³-hybridized carbons (Fsp3) is 0.655. The van der Waals surface area contributed by atoms with Crippen LogP contribution in [0.25, 0.3) is 0 Å². The van der Waals surface area contributed by atoms with Crippen LogP contribution in [0, 0.1) is 0 Å². The van der Waals surface area contributed by atoms with Crippen molar-refractivity contribution in [3.63, 3.8) is 0 Å². The van der Waals surface area contributed by atoms with Crippen LogP contribution in [0.1, 0.15) is 67.8 Å². The molecule has 7 rings (SSSR count). The minimum Gasteiger partial charge on any atom is -0.461 e. The monoisotopic (exact) mass is 586 g/mol. The molecule has 7 nitrogen and oxygen atoms in total. The van der Waals surface area contributed by atoms with Gasteiger partial charge in [0.1, 0.15) is 18.6 Å². The summed E-state index contributed by atoms with van der Waals surface area (Å²) in [6.07, 6.45) is 5.96. The van der Waals surface area contributed by atoms with Crippen LogP contribution in [0.2, 0.25) is 0 Å². The molecule has 3 saturated heterocycles. The number of anilines is 1. The molecule has 5 aliphatic rings. The SMILES string of the molecule is CC1(O)CCCN(c2nc(OCC34CCCN3CC(F)C4)nc3c2COC2(CCc4ccc(Br)cc42)C3)C1. The molecule has 38 heavy (non-hydrogen) atoms. The fourth-order valence-corrected chi connectivity index (χ4v) is 8.05. The van der Waals surface area contributed by atoms with E-state index in [-0.39, 0.29) is 5.54 Å². The van der Waals surface area contributed by atoms with Crippen LogP contribution in [0.3, 0.4) is 0 Å². The van der Waals surface area contributed by atoms with Crippen LogP contribution >= 0.6 is 15.9 Å². The zero-order valence-corrected chi connectivity index (χ0v) is 23.6. The van der Waals surface area contributed by atoms with Crippen molar-refractivity contribution < 1.29 is 19.0 Å². The average Bonchev–Trinajstić information content (AvgIpc) is 3.52. The third-order valence-electron chi connectivity index (χ3n) is 9.56. The molecule has 4 atom stereocenters. The summed E-state index contributed by atoms with van der Waals surface area (Å²) in [7, 11) is 0. The first-order chi connectivity index (χ1) is 18.2. The highest BCUT2D eigenvalue weighted by Crippen LogP contribution is 2.48. The number of alkyl halides is 1. The number of aromatic nitrogens is 2. The van der Waals surface area contributed by atoms with Crippen molar-refractivity contribution in [3.05, 3.63) is 45.1 Å². The number of hydrogen-bond acceptors (Lipinski definition) is 7. The van der Waals surface area contributed by atoms with Crippen LogP contribution < -0.4 is 9.64 Å². The molecule has 1 aromatic carbocycles. The predicted molar refractivity (Wildman–Crippen MR) is 145 cm³/mol. The molecule has 4 aliphatic heterocycles. The molecular formula is C29H36BrFN4O3. The summed E-state index contributed by atoms with van der Waals surface area (Å²) in [6, 6.07) is 6.84. The Labute approximate surface area is 231 Å². The van der Waals surface area contributed by atoms with Crippen molar-refractivity contribution in [3.8, 4) is 6.01 Å². The van der Waals surface area contributed by atoms with Crippen molar-refractivity contribution >= 4 is 21.7 Å². The van der Waals surface area contributed by atoms with Crippen molar-refractivity contribution in [2.24, 2.45) is 0 Å². The van der Waals surface area contributed by atoms with Gasteiger partial charge < -0.3 is 19.5 Å². The van der Waals surface area contributed by atoms with Crippen LogP contribution in [0.15, 0.2) is 22.7 Å². The molecule has 4 unspecified atom stereocenters. The lowest BCUT2D eigenvalue weighted by Gasteiger charge is -2.41. The lowest BCUT2D eigenvalue weighted by atomic mass is 9.86. The topological polar surface area (TPSA) is 71.0 Å².